The van der Waals surface area contributed by atoms with Gasteiger partial charge >= 0.3 is 0 Å². The maximum atomic E-state index is 11.8. The van der Waals surface area contributed by atoms with E-state index >= 15 is 0 Å². The summed E-state index contributed by atoms with van der Waals surface area (Å²) in [5.74, 6) is 1.46. The van der Waals surface area contributed by atoms with Gasteiger partial charge in [0.1, 0.15) is 0 Å². The summed E-state index contributed by atoms with van der Waals surface area (Å²) in [6, 6.07) is 0. The van der Waals surface area contributed by atoms with Gasteiger partial charge in [-0.25, -0.2) is 8.42 Å². The molecule has 0 heterocycles. The topological polar surface area (TPSA) is 34.1 Å². The number of halogens is 1. The highest BCUT2D eigenvalue weighted by atomic mass is 35.5. The maximum Gasteiger partial charge on any atom is 0.152 e. The van der Waals surface area contributed by atoms with Crippen molar-refractivity contribution in [3.8, 4) is 0 Å². The standard InChI is InChI=1S/C14H27ClO2S/c1-4-5-12-6-7-14(15)13(10-12)8-9-18(16,17)11(2)3/h11-14H,4-10H2,1-3H3. The van der Waals surface area contributed by atoms with Gasteiger partial charge in [-0.15, -0.1) is 11.6 Å². The second-order valence-electron chi connectivity index (χ2n) is 5.95. The Balaban J connectivity index is 2.49. The predicted molar refractivity (Wildman–Crippen MR) is 78.9 cm³/mol. The minimum atomic E-state index is -2.91. The van der Waals surface area contributed by atoms with Crippen molar-refractivity contribution in [2.24, 2.45) is 11.8 Å². The first-order valence-corrected chi connectivity index (χ1v) is 9.37. The Morgan fingerprint density at radius 2 is 1.89 bits per heavy atom. The Labute approximate surface area is 117 Å². The van der Waals surface area contributed by atoms with E-state index in [9.17, 15) is 8.42 Å². The van der Waals surface area contributed by atoms with Crippen LogP contribution in [0, 0.1) is 11.8 Å². The highest BCUT2D eigenvalue weighted by Gasteiger charge is 2.30. The molecule has 1 saturated carbocycles. The molecule has 0 aromatic heterocycles. The van der Waals surface area contributed by atoms with Crippen molar-refractivity contribution in [3.63, 3.8) is 0 Å². The molecule has 108 valence electrons. The fraction of sp³-hybridized carbons (Fsp3) is 1.00. The molecule has 0 aliphatic heterocycles. The molecule has 1 aliphatic carbocycles. The monoisotopic (exact) mass is 294 g/mol. The quantitative estimate of drug-likeness (QED) is 0.693. The van der Waals surface area contributed by atoms with Crippen LogP contribution in [0.3, 0.4) is 0 Å². The average molecular weight is 295 g/mol. The van der Waals surface area contributed by atoms with Crippen LogP contribution >= 0.6 is 11.6 Å². The molecule has 1 rings (SSSR count). The van der Waals surface area contributed by atoms with E-state index in [1.165, 1.54) is 19.3 Å². The van der Waals surface area contributed by atoms with Gasteiger partial charge in [0.05, 0.1) is 11.0 Å². The van der Waals surface area contributed by atoms with E-state index in [0.717, 1.165) is 25.2 Å². The maximum absolute atomic E-state index is 11.8. The van der Waals surface area contributed by atoms with Crippen LogP contribution in [0.4, 0.5) is 0 Å². The van der Waals surface area contributed by atoms with Crippen LogP contribution < -0.4 is 0 Å². The molecule has 2 nitrogen and oxygen atoms in total. The van der Waals surface area contributed by atoms with Crippen LogP contribution in [0.2, 0.25) is 0 Å². The number of hydrogen-bond donors (Lipinski definition) is 0. The van der Waals surface area contributed by atoms with Gasteiger partial charge in [-0.1, -0.05) is 19.8 Å². The lowest BCUT2D eigenvalue weighted by molar-refractivity contribution is 0.253. The third-order valence-corrected chi connectivity index (χ3v) is 7.00. The van der Waals surface area contributed by atoms with E-state index < -0.39 is 9.84 Å². The zero-order chi connectivity index (χ0) is 13.8. The van der Waals surface area contributed by atoms with Crippen LogP contribution in [0.1, 0.15) is 59.3 Å². The lowest BCUT2D eigenvalue weighted by Gasteiger charge is -2.33. The number of rotatable bonds is 6. The zero-order valence-electron chi connectivity index (χ0n) is 11.9. The average Bonchev–Trinajstić information content (AvgIpc) is 2.30. The van der Waals surface area contributed by atoms with Crippen molar-refractivity contribution >= 4 is 21.4 Å². The summed E-state index contributed by atoms with van der Waals surface area (Å²) < 4.78 is 23.7. The summed E-state index contributed by atoms with van der Waals surface area (Å²) in [6.07, 6.45) is 6.62. The van der Waals surface area contributed by atoms with Gasteiger partial charge in [0.25, 0.3) is 0 Å². The second-order valence-corrected chi connectivity index (χ2v) is 9.19. The van der Waals surface area contributed by atoms with Crippen LogP contribution in [0.25, 0.3) is 0 Å². The fourth-order valence-electron chi connectivity index (χ4n) is 2.84. The molecule has 0 saturated heterocycles. The van der Waals surface area contributed by atoms with Crippen LogP contribution in [-0.2, 0) is 9.84 Å². The summed E-state index contributed by atoms with van der Waals surface area (Å²) in [5, 5.41) is -0.0817. The van der Waals surface area contributed by atoms with Gasteiger partial charge in [-0.3, -0.25) is 0 Å². The first kappa shape index (κ1) is 16.3. The van der Waals surface area contributed by atoms with E-state index in [1.54, 1.807) is 13.8 Å². The highest BCUT2D eigenvalue weighted by molar-refractivity contribution is 7.91. The normalized spacial score (nSPS) is 29.7. The minimum Gasteiger partial charge on any atom is -0.229 e. The number of alkyl halides is 1. The predicted octanol–water partition coefficient (Wildman–Crippen LogP) is 4.02. The smallest absolute Gasteiger partial charge is 0.152 e. The van der Waals surface area contributed by atoms with E-state index in [2.05, 4.69) is 6.92 Å². The summed E-state index contributed by atoms with van der Waals surface area (Å²) in [5.41, 5.74) is 0. The first-order valence-electron chi connectivity index (χ1n) is 7.22. The second kappa shape index (κ2) is 7.14. The summed E-state index contributed by atoms with van der Waals surface area (Å²) in [7, 11) is -2.91. The molecular weight excluding hydrogens is 268 g/mol. The van der Waals surface area contributed by atoms with E-state index in [-0.39, 0.29) is 10.6 Å². The lowest BCUT2D eigenvalue weighted by Crippen LogP contribution is -2.28. The Hall–Kier alpha value is 0.240. The Bertz CT molecular complexity index is 338. The Kier molecular flexibility index (Phi) is 6.46. The Morgan fingerprint density at radius 3 is 2.44 bits per heavy atom. The van der Waals surface area contributed by atoms with Crippen molar-refractivity contribution in [3.05, 3.63) is 0 Å². The molecule has 0 bridgehead atoms. The van der Waals surface area contributed by atoms with Crippen molar-refractivity contribution in [2.45, 2.75) is 69.9 Å². The number of sulfone groups is 1. The summed E-state index contributed by atoms with van der Waals surface area (Å²) in [6.45, 7) is 5.73. The van der Waals surface area contributed by atoms with Crippen molar-refractivity contribution in [2.75, 3.05) is 5.75 Å². The molecule has 0 radical (unpaired) electrons. The van der Waals surface area contributed by atoms with Crippen molar-refractivity contribution in [1.82, 2.24) is 0 Å². The fourth-order valence-corrected chi connectivity index (χ4v) is 4.30. The third-order valence-electron chi connectivity index (χ3n) is 4.19. The van der Waals surface area contributed by atoms with Gasteiger partial charge in [0, 0.05) is 5.38 Å². The SMILES string of the molecule is CCCC1CCC(Cl)C(CCS(=O)(=O)C(C)C)C1. The molecule has 18 heavy (non-hydrogen) atoms. The van der Waals surface area contributed by atoms with Crippen LogP contribution in [-0.4, -0.2) is 24.8 Å². The van der Waals surface area contributed by atoms with E-state index in [0.29, 0.717) is 11.7 Å². The third kappa shape index (κ3) is 4.73. The summed E-state index contributed by atoms with van der Waals surface area (Å²) in [4.78, 5) is 0. The molecule has 3 atom stereocenters. The zero-order valence-corrected chi connectivity index (χ0v) is 13.4. The first-order chi connectivity index (χ1) is 8.36. The molecule has 0 amide bonds. The molecule has 3 unspecified atom stereocenters. The van der Waals surface area contributed by atoms with Gasteiger partial charge in [-0.2, -0.15) is 0 Å². The van der Waals surface area contributed by atoms with Crippen molar-refractivity contribution < 1.29 is 8.42 Å². The van der Waals surface area contributed by atoms with Gasteiger partial charge in [-0.05, 0) is 51.4 Å². The molecule has 0 aromatic carbocycles. The Morgan fingerprint density at radius 1 is 1.22 bits per heavy atom. The molecule has 4 heteroatoms. The number of hydrogen-bond acceptors (Lipinski definition) is 2. The lowest BCUT2D eigenvalue weighted by atomic mass is 9.78. The minimum absolute atomic E-state index is 0.181. The highest BCUT2D eigenvalue weighted by Crippen LogP contribution is 2.37. The molecule has 1 aliphatic rings. The molecule has 0 spiro atoms. The molecule has 0 N–H and O–H groups in total. The molecule has 1 fully saturated rings. The van der Waals surface area contributed by atoms with Gasteiger partial charge < -0.3 is 0 Å². The molecule has 0 aromatic rings. The molecular formula is C14H27ClO2S. The van der Waals surface area contributed by atoms with E-state index in [1.807, 2.05) is 0 Å². The van der Waals surface area contributed by atoms with E-state index in [4.69, 9.17) is 11.6 Å². The van der Waals surface area contributed by atoms with Gasteiger partial charge in [0.2, 0.25) is 0 Å². The van der Waals surface area contributed by atoms with Crippen LogP contribution in [0.15, 0.2) is 0 Å². The van der Waals surface area contributed by atoms with Crippen molar-refractivity contribution in [1.29, 1.82) is 0 Å². The van der Waals surface area contributed by atoms with Gasteiger partial charge in [0.15, 0.2) is 9.84 Å². The largest absolute Gasteiger partial charge is 0.229 e. The summed E-state index contributed by atoms with van der Waals surface area (Å²) >= 11 is 6.36. The van der Waals surface area contributed by atoms with Crippen LogP contribution in [0.5, 0.6) is 0 Å².